The van der Waals surface area contributed by atoms with E-state index in [1.807, 2.05) is 12.1 Å². The summed E-state index contributed by atoms with van der Waals surface area (Å²) in [7, 11) is 4.93. The monoisotopic (exact) mass is 279 g/mol. The van der Waals surface area contributed by atoms with Gasteiger partial charge >= 0.3 is 0 Å². The van der Waals surface area contributed by atoms with Gasteiger partial charge in [0.05, 0.1) is 31.9 Å². The fraction of sp³-hybridized carbons (Fsp3) is 0.500. The number of nitrogens with two attached hydrogens (primary N) is 1. The van der Waals surface area contributed by atoms with Gasteiger partial charge in [-0.15, -0.1) is 0 Å². The van der Waals surface area contributed by atoms with Gasteiger partial charge in [0.15, 0.2) is 11.5 Å². The molecule has 2 N–H and O–H groups in total. The molecule has 0 radical (unpaired) electrons. The van der Waals surface area contributed by atoms with Crippen molar-refractivity contribution in [2.75, 3.05) is 34.5 Å². The predicted octanol–water partition coefficient (Wildman–Crippen LogP) is 1.20. The van der Waals surface area contributed by atoms with Gasteiger partial charge in [0.1, 0.15) is 5.82 Å². The minimum atomic E-state index is 0.560. The first-order valence-electron chi connectivity index (χ1n) is 6.55. The molecule has 0 unspecified atom stereocenters. The molecule has 0 amide bonds. The molecule has 0 saturated heterocycles. The van der Waals surface area contributed by atoms with E-state index in [0.717, 1.165) is 29.8 Å². The molecule has 0 aliphatic heterocycles. The predicted molar refractivity (Wildman–Crippen MR) is 77.5 cm³/mol. The molecule has 1 heterocycles. The molecule has 1 aromatic heterocycles. The van der Waals surface area contributed by atoms with Crippen molar-refractivity contribution in [1.29, 1.82) is 0 Å². The maximum atomic E-state index is 5.66. The topological polar surface area (TPSA) is 71.5 Å². The fourth-order valence-corrected chi connectivity index (χ4v) is 2.25. The molecule has 0 spiro atoms. The number of nitrogens with zero attached hydrogens (tertiary/aromatic N) is 2. The Hall–Kier alpha value is -1.79. The minimum absolute atomic E-state index is 0.560. The van der Waals surface area contributed by atoms with E-state index in [2.05, 4.69) is 9.55 Å². The van der Waals surface area contributed by atoms with Gasteiger partial charge in [-0.2, -0.15) is 0 Å². The van der Waals surface area contributed by atoms with Crippen LogP contribution in [0.2, 0.25) is 0 Å². The fourth-order valence-electron chi connectivity index (χ4n) is 2.25. The second-order valence-electron chi connectivity index (χ2n) is 4.41. The number of rotatable bonds is 7. The summed E-state index contributed by atoms with van der Waals surface area (Å²) in [5.74, 6) is 2.32. The summed E-state index contributed by atoms with van der Waals surface area (Å²) in [6, 6.07) is 3.83. The van der Waals surface area contributed by atoms with E-state index in [-0.39, 0.29) is 0 Å². The Morgan fingerprint density at radius 2 is 1.85 bits per heavy atom. The summed E-state index contributed by atoms with van der Waals surface area (Å²) in [5, 5.41) is 0. The SMILES string of the molecule is COCCn1c(CCN)nc2cc(OC)c(OC)cc21. The number of benzene rings is 1. The summed E-state index contributed by atoms with van der Waals surface area (Å²) in [6.45, 7) is 1.92. The lowest BCUT2D eigenvalue weighted by molar-refractivity contribution is 0.187. The first-order valence-corrected chi connectivity index (χ1v) is 6.55. The highest BCUT2D eigenvalue weighted by atomic mass is 16.5. The number of imidazole rings is 1. The second-order valence-corrected chi connectivity index (χ2v) is 4.41. The second kappa shape index (κ2) is 6.58. The standard InChI is InChI=1S/C14H21N3O3/c1-18-7-6-17-11-9-13(20-3)12(19-2)8-10(11)16-14(17)4-5-15/h8-9H,4-7,15H2,1-3H3. The molecule has 0 saturated carbocycles. The molecule has 2 rings (SSSR count). The summed E-state index contributed by atoms with van der Waals surface area (Å²) < 4.78 is 17.9. The number of aromatic nitrogens is 2. The third kappa shape index (κ3) is 2.71. The van der Waals surface area contributed by atoms with E-state index in [1.165, 1.54) is 0 Å². The first kappa shape index (κ1) is 14.6. The number of hydrogen-bond donors (Lipinski definition) is 1. The minimum Gasteiger partial charge on any atom is -0.493 e. The molecular weight excluding hydrogens is 258 g/mol. The number of hydrogen-bond acceptors (Lipinski definition) is 5. The zero-order valence-electron chi connectivity index (χ0n) is 12.2. The van der Waals surface area contributed by atoms with Gasteiger partial charge in [0.2, 0.25) is 0 Å². The Balaban J connectivity index is 2.55. The molecular formula is C14H21N3O3. The molecule has 20 heavy (non-hydrogen) atoms. The lowest BCUT2D eigenvalue weighted by atomic mass is 10.2. The summed E-state index contributed by atoms with van der Waals surface area (Å²) in [5.41, 5.74) is 7.54. The molecule has 0 aliphatic rings. The normalized spacial score (nSPS) is 11.0. The van der Waals surface area contributed by atoms with Gasteiger partial charge in [-0.1, -0.05) is 0 Å². The largest absolute Gasteiger partial charge is 0.493 e. The van der Waals surface area contributed by atoms with Gasteiger partial charge in [0, 0.05) is 32.2 Å². The summed E-state index contributed by atoms with van der Waals surface area (Å²) in [4.78, 5) is 4.63. The van der Waals surface area contributed by atoms with Gasteiger partial charge in [-0.3, -0.25) is 0 Å². The van der Waals surface area contributed by atoms with Crippen molar-refractivity contribution in [3.63, 3.8) is 0 Å². The van der Waals surface area contributed by atoms with Gasteiger partial charge in [0.25, 0.3) is 0 Å². The Morgan fingerprint density at radius 3 is 2.45 bits per heavy atom. The van der Waals surface area contributed by atoms with Crippen LogP contribution in [0.25, 0.3) is 11.0 Å². The van der Waals surface area contributed by atoms with Crippen molar-refractivity contribution in [2.24, 2.45) is 5.73 Å². The Kier molecular flexibility index (Phi) is 4.81. The van der Waals surface area contributed by atoms with Crippen molar-refractivity contribution in [1.82, 2.24) is 9.55 Å². The quantitative estimate of drug-likeness (QED) is 0.824. The van der Waals surface area contributed by atoms with E-state index < -0.39 is 0 Å². The maximum Gasteiger partial charge on any atom is 0.163 e. The van der Waals surface area contributed by atoms with Crippen molar-refractivity contribution >= 4 is 11.0 Å². The Morgan fingerprint density at radius 1 is 1.15 bits per heavy atom. The lowest BCUT2D eigenvalue weighted by Crippen LogP contribution is -2.12. The molecule has 2 aromatic rings. The zero-order valence-corrected chi connectivity index (χ0v) is 12.2. The van der Waals surface area contributed by atoms with Crippen molar-refractivity contribution in [3.05, 3.63) is 18.0 Å². The molecule has 110 valence electrons. The van der Waals surface area contributed by atoms with Crippen LogP contribution in [0.3, 0.4) is 0 Å². The number of methoxy groups -OCH3 is 3. The lowest BCUT2D eigenvalue weighted by Gasteiger charge is -2.10. The highest BCUT2D eigenvalue weighted by Gasteiger charge is 2.14. The molecule has 0 aliphatic carbocycles. The van der Waals surface area contributed by atoms with Crippen molar-refractivity contribution < 1.29 is 14.2 Å². The molecule has 6 heteroatoms. The van der Waals surface area contributed by atoms with Crippen LogP contribution in [-0.4, -0.2) is 44.0 Å². The molecule has 0 atom stereocenters. The number of ether oxygens (including phenoxy) is 3. The van der Waals surface area contributed by atoms with E-state index in [4.69, 9.17) is 19.9 Å². The van der Waals surface area contributed by atoms with Gasteiger partial charge < -0.3 is 24.5 Å². The smallest absolute Gasteiger partial charge is 0.163 e. The average Bonchev–Trinajstić information content (AvgIpc) is 2.80. The van der Waals surface area contributed by atoms with Crippen molar-refractivity contribution in [2.45, 2.75) is 13.0 Å². The highest BCUT2D eigenvalue weighted by molar-refractivity contribution is 5.80. The van der Waals surface area contributed by atoms with Crippen LogP contribution in [0.5, 0.6) is 11.5 Å². The van der Waals surface area contributed by atoms with Gasteiger partial charge in [-0.05, 0) is 6.54 Å². The van der Waals surface area contributed by atoms with Crippen LogP contribution in [0.1, 0.15) is 5.82 Å². The molecule has 1 aromatic carbocycles. The third-order valence-electron chi connectivity index (χ3n) is 3.22. The van der Waals surface area contributed by atoms with Crippen LogP contribution in [-0.2, 0) is 17.7 Å². The van der Waals surface area contributed by atoms with Crippen LogP contribution < -0.4 is 15.2 Å². The van der Waals surface area contributed by atoms with E-state index >= 15 is 0 Å². The molecule has 0 bridgehead atoms. The first-order chi connectivity index (χ1) is 9.74. The van der Waals surface area contributed by atoms with Crippen molar-refractivity contribution in [3.8, 4) is 11.5 Å². The van der Waals surface area contributed by atoms with Crippen LogP contribution in [0, 0.1) is 0 Å². The Labute approximate surface area is 118 Å². The van der Waals surface area contributed by atoms with E-state index in [0.29, 0.717) is 24.7 Å². The molecule has 0 fully saturated rings. The average molecular weight is 279 g/mol. The van der Waals surface area contributed by atoms with Gasteiger partial charge in [-0.25, -0.2) is 4.98 Å². The van der Waals surface area contributed by atoms with Crippen LogP contribution in [0.4, 0.5) is 0 Å². The number of fused-ring (bicyclic) bond motifs is 1. The highest BCUT2D eigenvalue weighted by Crippen LogP contribution is 2.32. The maximum absolute atomic E-state index is 5.66. The zero-order chi connectivity index (χ0) is 14.5. The third-order valence-corrected chi connectivity index (χ3v) is 3.22. The van der Waals surface area contributed by atoms with E-state index in [9.17, 15) is 0 Å². The van der Waals surface area contributed by atoms with E-state index in [1.54, 1.807) is 21.3 Å². The summed E-state index contributed by atoms with van der Waals surface area (Å²) >= 11 is 0. The summed E-state index contributed by atoms with van der Waals surface area (Å²) in [6.07, 6.45) is 0.725. The molecule has 6 nitrogen and oxygen atoms in total. The van der Waals surface area contributed by atoms with Crippen LogP contribution >= 0.6 is 0 Å². The van der Waals surface area contributed by atoms with Crippen LogP contribution in [0.15, 0.2) is 12.1 Å². The Bertz CT molecular complexity index is 581.